The third kappa shape index (κ3) is 2.61. The van der Waals surface area contributed by atoms with Crippen molar-refractivity contribution in [3.8, 4) is 11.5 Å². The van der Waals surface area contributed by atoms with Crippen LogP contribution < -0.4 is 26.5 Å². The highest BCUT2D eigenvalue weighted by Gasteiger charge is 2.18. The number of anilines is 1. The molecule has 19 heavy (non-hydrogen) atoms. The highest BCUT2D eigenvalue weighted by Crippen LogP contribution is 2.30. The zero-order chi connectivity index (χ0) is 13.8. The van der Waals surface area contributed by atoms with E-state index >= 15 is 0 Å². The summed E-state index contributed by atoms with van der Waals surface area (Å²) >= 11 is 0. The van der Waals surface area contributed by atoms with Gasteiger partial charge in [-0.05, 0) is 17.7 Å². The van der Waals surface area contributed by atoms with Gasteiger partial charge in [-0.15, -0.1) is 0 Å². The van der Waals surface area contributed by atoms with Crippen LogP contribution >= 0.6 is 0 Å². The monoisotopic (exact) mass is 263 g/mol. The van der Waals surface area contributed by atoms with E-state index in [9.17, 15) is 0 Å². The first-order valence-electron chi connectivity index (χ1n) is 5.67. The Kier molecular flexibility index (Phi) is 3.88. The molecule has 0 bridgehead atoms. The van der Waals surface area contributed by atoms with Crippen LogP contribution in [0.15, 0.2) is 24.4 Å². The van der Waals surface area contributed by atoms with Crippen molar-refractivity contribution in [3.05, 3.63) is 35.5 Å². The van der Waals surface area contributed by atoms with Gasteiger partial charge in [-0.25, -0.2) is 5.43 Å². The van der Waals surface area contributed by atoms with E-state index in [0.29, 0.717) is 17.3 Å². The molecule has 0 fully saturated rings. The smallest absolute Gasteiger partial charge is 0.124 e. The minimum absolute atomic E-state index is 0.303. The fourth-order valence-corrected chi connectivity index (χ4v) is 1.90. The Morgan fingerprint density at radius 3 is 2.26 bits per heavy atom. The van der Waals surface area contributed by atoms with Gasteiger partial charge in [-0.3, -0.25) is 10.9 Å². The van der Waals surface area contributed by atoms with Crippen molar-refractivity contribution in [1.82, 2.24) is 15.6 Å². The summed E-state index contributed by atoms with van der Waals surface area (Å²) < 4.78 is 10.5. The minimum atomic E-state index is -0.303. The third-order valence-corrected chi connectivity index (χ3v) is 2.88. The summed E-state index contributed by atoms with van der Waals surface area (Å²) in [5, 5.41) is 6.57. The van der Waals surface area contributed by atoms with E-state index in [0.717, 1.165) is 11.1 Å². The van der Waals surface area contributed by atoms with Gasteiger partial charge in [-0.1, -0.05) is 0 Å². The Balaban J connectivity index is 2.46. The van der Waals surface area contributed by atoms with Crippen LogP contribution in [0.2, 0.25) is 0 Å². The van der Waals surface area contributed by atoms with Crippen LogP contribution in [0, 0.1) is 0 Å². The van der Waals surface area contributed by atoms with Gasteiger partial charge in [0.2, 0.25) is 0 Å². The molecule has 0 amide bonds. The molecular weight excluding hydrogens is 246 g/mol. The summed E-state index contributed by atoms with van der Waals surface area (Å²) in [6, 6.07) is 5.21. The van der Waals surface area contributed by atoms with Crippen molar-refractivity contribution in [2.75, 3.05) is 20.0 Å². The number of nitrogens with one attached hydrogen (secondary N) is 2. The number of aromatic nitrogens is 2. The van der Waals surface area contributed by atoms with Crippen molar-refractivity contribution < 1.29 is 9.47 Å². The summed E-state index contributed by atoms with van der Waals surface area (Å²) in [7, 11) is 3.19. The maximum absolute atomic E-state index is 5.82. The molecule has 0 saturated heterocycles. The molecule has 1 aromatic heterocycles. The second-order valence-electron chi connectivity index (χ2n) is 3.98. The fourth-order valence-electron chi connectivity index (χ4n) is 1.90. The lowest BCUT2D eigenvalue weighted by Gasteiger charge is -2.17. The number of hydrogen-bond acceptors (Lipinski definition) is 6. The van der Waals surface area contributed by atoms with E-state index in [1.54, 1.807) is 26.5 Å². The standard InChI is InChI=1S/C12H17N5O2/c1-18-8-3-7(4-9(5-8)19-2)11(16-14)10-6-15-17-12(10)13/h3-6,11,16H,14H2,1-2H3,(H3,13,15,17). The molecule has 0 aliphatic rings. The number of nitrogens with zero attached hydrogens (tertiary/aromatic N) is 1. The maximum atomic E-state index is 5.82. The second kappa shape index (κ2) is 5.59. The molecule has 2 aromatic rings. The van der Waals surface area contributed by atoms with Crippen molar-refractivity contribution in [1.29, 1.82) is 0 Å². The number of ether oxygens (including phenoxy) is 2. The van der Waals surface area contributed by atoms with Crippen molar-refractivity contribution in [3.63, 3.8) is 0 Å². The van der Waals surface area contributed by atoms with Gasteiger partial charge in [0.15, 0.2) is 0 Å². The van der Waals surface area contributed by atoms with Gasteiger partial charge in [0, 0.05) is 11.6 Å². The van der Waals surface area contributed by atoms with Crippen LogP contribution in [-0.2, 0) is 0 Å². The number of hydrazine groups is 1. The van der Waals surface area contributed by atoms with Gasteiger partial charge in [0.25, 0.3) is 0 Å². The van der Waals surface area contributed by atoms with Gasteiger partial charge in [0.05, 0.1) is 26.5 Å². The lowest BCUT2D eigenvalue weighted by atomic mass is 10.0. The number of nitrogens with two attached hydrogens (primary N) is 2. The number of H-pyrrole nitrogens is 1. The molecule has 1 aromatic carbocycles. The van der Waals surface area contributed by atoms with E-state index < -0.39 is 0 Å². The van der Waals surface area contributed by atoms with Crippen LogP contribution in [-0.4, -0.2) is 24.4 Å². The first kappa shape index (κ1) is 13.2. The van der Waals surface area contributed by atoms with Crippen LogP contribution in [0.5, 0.6) is 11.5 Å². The van der Waals surface area contributed by atoms with Crippen molar-refractivity contribution >= 4 is 5.82 Å². The summed E-state index contributed by atoms with van der Waals surface area (Å²) in [5.74, 6) is 7.44. The molecule has 1 unspecified atom stereocenters. The molecule has 7 nitrogen and oxygen atoms in total. The molecule has 102 valence electrons. The first-order chi connectivity index (χ1) is 9.19. The highest BCUT2D eigenvalue weighted by molar-refractivity contribution is 5.48. The summed E-state index contributed by atoms with van der Waals surface area (Å²) in [5.41, 5.74) is 10.2. The van der Waals surface area contributed by atoms with E-state index in [1.165, 1.54) is 0 Å². The second-order valence-corrected chi connectivity index (χ2v) is 3.98. The molecule has 0 aliphatic carbocycles. The Labute approximate surface area is 110 Å². The van der Waals surface area contributed by atoms with E-state index in [4.69, 9.17) is 21.1 Å². The van der Waals surface area contributed by atoms with Gasteiger partial charge < -0.3 is 15.2 Å². The molecule has 0 saturated carbocycles. The van der Waals surface area contributed by atoms with Crippen LogP contribution in [0.4, 0.5) is 5.82 Å². The molecule has 0 radical (unpaired) electrons. The molecule has 1 heterocycles. The van der Waals surface area contributed by atoms with Crippen LogP contribution in [0.25, 0.3) is 0 Å². The lowest BCUT2D eigenvalue weighted by Crippen LogP contribution is -2.29. The largest absolute Gasteiger partial charge is 0.497 e. The SMILES string of the molecule is COc1cc(OC)cc(C(NN)c2cn[nH]c2N)c1. The summed E-state index contributed by atoms with van der Waals surface area (Å²) in [6.45, 7) is 0. The Morgan fingerprint density at radius 2 is 1.84 bits per heavy atom. The zero-order valence-electron chi connectivity index (χ0n) is 10.8. The summed E-state index contributed by atoms with van der Waals surface area (Å²) in [4.78, 5) is 0. The molecule has 0 spiro atoms. The van der Waals surface area contributed by atoms with E-state index in [2.05, 4.69) is 15.6 Å². The predicted molar refractivity (Wildman–Crippen MR) is 71.7 cm³/mol. The predicted octanol–water partition coefficient (Wildman–Crippen LogP) is 0.562. The molecular formula is C12H17N5O2. The Morgan fingerprint density at radius 1 is 1.21 bits per heavy atom. The number of nitrogen functional groups attached to an aromatic ring is 1. The van der Waals surface area contributed by atoms with Crippen molar-refractivity contribution in [2.24, 2.45) is 5.84 Å². The van der Waals surface area contributed by atoms with Crippen LogP contribution in [0.1, 0.15) is 17.2 Å². The third-order valence-electron chi connectivity index (χ3n) is 2.88. The topological polar surface area (TPSA) is 111 Å². The van der Waals surface area contributed by atoms with Crippen LogP contribution in [0.3, 0.4) is 0 Å². The normalized spacial score (nSPS) is 12.2. The Bertz CT molecular complexity index is 533. The van der Waals surface area contributed by atoms with Crippen molar-refractivity contribution in [2.45, 2.75) is 6.04 Å². The summed E-state index contributed by atoms with van der Waals surface area (Å²) in [6.07, 6.45) is 1.63. The molecule has 6 N–H and O–H groups in total. The fraction of sp³-hybridized carbons (Fsp3) is 0.250. The number of methoxy groups -OCH3 is 2. The quantitative estimate of drug-likeness (QED) is 0.463. The van der Waals surface area contributed by atoms with E-state index in [-0.39, 0.29) is 6.04 Å². The number of hydrogen-bond donors (Lipinski definition) is 4. The molecule has 1 atom stereocenters. The van der Waals surface area contributed by atoms with Gasteiger partial charge >= 0.3 is 0 Å². The average molecular weight is 263 g/mol. The number of benzene rings is 1. The number of rotatable bonds is 5. The molecule has 7 heteroatoms. The lowest BCUT2D eigenvalue weighted by molar-refractivity contribution is 0.392. The van der Waals surface area contributed by atoms with Gasteiger partial charge in [0.1, 0.15) is 17.3 Å². The number of aromatic amines is 1. The Hall–Kier alpha value is -2.25. The molecule has 0 aliphatic heterocycles. The van der Waals surface area contributed by atoms with Gasteiger partial charge in [-0.2, -0.15) is 5.10 Å². The average Bonchev–Trinajstić information content (AvgIpc) is 2.85. The first-order valence-corrected chi connectivity index (χ1v) is 5.67. The zero-order valence-corrected chi connectivity index (χ0v) is 10.8. The highest BCUT2D eigenvalue weighted by atomic mass is 16.5. The maximum Gasteiger partial charge on any atom is 0.124 e. The van der Waals surface area contributed by atoms with E-state index in [1.807, 2.05) is 12.1 Å². The minimum Gasteiger partial charge on any atom is -0.497 e. The molecule has 2 rings (SSSR count).